The Balaban J connectivity index is 1.78. The highest BCUT2D eigenvalue weighted by atomic mass is 35.5. The topological polar surface area (TPSA) is 67.6 Å². The first-order valence-corrected chi connectivity index (χ1v) is 7.05. The highest BCUT2D eigenvalue weighted by Crippen LogP contribution is 2.24. The number of hydrogen-bond acceptors (Lipinski definition) is 4. The zero-order valence-corrected chi connectivity index (χ0v) is 11.5. The number of aromatic nitrogens is 3. The van der Waals surface area contributed by atoms with E-state index in [2.05, 4.69) is 15.0 Å². The normalized spacial score (nSPS) is 11.0. The molecule has 3 aromatic rings. The molecule has 3 N–H and O–H groups in total. The van der Waals surface area contributed by atoms with Gasteiger partial charge in [-0.05, 0) is 35.9 Å². The molecule has 3 rings (SSSR count). The third-order valence-corrected chi connectivity index (χ3v) is 3.80. The monoisotopic (exact) mass is 290 g/mol. The molecule has 0 saturated carbocycles. The SMILES string of the molecule is Nc1ccc2nc(SCc3ccnc(Cl)c3)[nH]c2c1. The van der Waals surface area contributed by atoms with Gasteiger partial charge in [-0.1, -0.05) is 23.4 Å². The molecule has 4 nitrogen and oxygen atoms in total. The van der Waals surface area contributed by atoms with Crippen LogP contribution >= 0.6 is 23.4 Å². The van der Waals surface area contributed by atoms with Gasteiger partial charge in [-0.15, -0.1) is 0 Å². The molecule has 0 radical (unpaired) electrons. The number of halogens is 1. The van der Waals surface area contributed by atoms with E-state index in [1.165, 1.54) is 0 Å². The van der Waals surface area contributed by atoms with E-state index in [4.69, 9.17) is 17.3 Å². The van der Waals surface area contributed by atoms with Crippen molar-refractivity contribution in [1.29, 1.82) is 0 Å². The summed E-state index contributed by atoms with van der Waals surface area (Å²) in [4.78, 5) is 11.7. The van der Waals surface area contributed by atoms with Crippen LogP contribution in [-0.4, -0.2) is 15.0 Å². The lowest BCUT2D eigenvalue weighted by atomic mass is 10.3. The molecular weight excluding hydrogens is 280 g/mol. The third-order valence-electron chi connectivity index (χ3n) is 2.65. The van der Waals surface area contributed by atoms with Gasteiger partial charge >= 0.3 is 0 Å². The Morgan fingerprint density at radius 1 is 1.26 bits per heavy atom. The fraction of sp³-hybridized carbons (Fsp3) is 0.0769. The average Bonchev–Trinajstić information content (AvgIpc) is 2.78. The average molecular weight is 291 g/mol. The number of benzene rings is 1. The zero-order chi connectivity index (χ0) is 13.2. The fourth-order valence-electron chi connectivity index (χ4n) is 1.76. The van der Waals surface area contributed by atoms with Crippen molar-refractivity contribution in [3.8, 4) is 0 Å². The molecule has 0 unspecified atom stereocenters. The minimum Gasteiger partial charge on any atom is -0.399 e. The quantitative estimate of drug-likeness (QED) is 0.440. The molecule has 19 heavy (non-hydrogen) atoms. The van der Waals surface area contributed by atoms with Gasteiger partial charge in [0.25, 0.3) is 0 Å². The van der Waals surface area contributed by atoms with Crippen LogP contribution in [0.3, 0.4) is 0 Å². The predicted molar refractivity (Wildman–Crippen MR) is 79.3 cm³/mol. The Morgan fingerprint density at radius 3 is 3.00 bits per heavy atom. The zero-order valence-electron chi connectivity index (χ0n) is 9.93. The van der Waals surface area contributed by atoms with E-state index in [1.807, 2.05) is 30.3 Å². The van der Waals surface area contributed by atoms with Crippen molar-refractivity contribution in [2.75, 3.05) is 5.73 Å². The number of anilines is 1. The van der Waals surface area contributed by atoms with E-state index in [9.17, 15) is 0 Å². The number of thioether (sulfide) groups is 1. The van der Waals surface area contributed by atoms with Gasteiger partial charge in [-0.2, -0.15) is 0 Å². The van der Waals surface area contributed by atoms with Crippen molar-refractivity contribution >= 4 is 40.1 Å². The number of nitrogens with one attached hydrogen (secondary N) is 1. The molecule has 0 amide bonds. The molecule has 0 atom stereocenters. The number of nitrogens with two attached hydrogens (primary N) is 1. The molecular formula is C13H11ClN4S. The van der Waals surface area contributed by atoms with E-state index in [-0.39, 0.29) is 0 Å². The molecule has 96 valence electrons. The maximum atomic E-state index is 5.85. The summed E-state index contributed by atoms with van der Waals surface area (Å²) in [6.45, 7) is 0. The number of fused-ring (bicyclic) bond motifs is 1. The van der Waals surface area contributed by atoms with Crippen molar-refractivity contribution in [1.82, 2.24) is 15.0 Å². The van der Waals surface area contributed by atoms with Crippen molar-refractivity contribution in [3.63, 3.8) is 0 Å². The summed E-state index contributed by atoms with van der Waals surface area (Å²) in [6, 6.07) is 9.44. The first-order valence-electron chi connectivity index (χ1n) is 5.69. The Kier molecular flexibility index (Phi) is 3.31. The maximum absolute atomic E-state index is 5.85. The van der Waals surface area contributed by atoms with Gasteiger partial charge < -0.3 is 10.7 Å². The van der Waals surface area contributed by atoms with Crippen LogP contribution in [0.15, 0.2) is 41.7 Å². The smallest absolute Gasteiger partial charge is 0.166 e. The number of hydrogen-bond donors (Lipinski definition) is 2. The molecule has 0 bridgehead atoms. The standard InChI is InChI=1S/C13H11ClN4S/c14-12-5-8(3-4-16-12)7-19-13-17-10-2-1-9(15)6-11(10)18-13/h1-6H,7,15H2,(H,17,18). The van der Waals surface area contributed by atoms with Crippen LogP contribution < -0.4 is 5.73 Å². The van der Waals surface area contributed by atoms with Crippen LogP contribution in [-0.2, 0) is 5.75 Å². The van der Waals surface area contributed by atoms with Crippen molar-refractivity contribution < 1.29 is 0 Å². The molecule has 2 heterocycles. The molecule has 0 fully saturated rings. The summed E-state index contributed by atoms with van der Waals surface area (Å²) in [7, 11) is 0. The lowest BCUT2D eigenvalue weighted by Crippen LogP contribution is -1.83. The van der Waals surface area contributed by atoms with E-state index in [0.29, 0.717) is 5.15 Å². The molecule has 0 saturated heterocycles. The van der Waals surface area contributed by atoms with E-state index in [0.717, 1.165) is 33.2 Å². The summed E-state index contributed by atoms with van der Waals surface area (Å²) >= 11 is 7.47. The van der Waals surface area contributed by atoms with Crippen LogP contribution in [0.4, 0.5) is 5.69 Å². The van der Waals surface area contributed by atoms with E-state index in [1.54, 1.807) is 18.0 Å². The van der Waals surface area contributed by atoms with Crippen molar-refractivity contribution in [2.45, 2.75) is 10.9 Å². The van der Waals surface area contributed by atoms with Gasteiger partial charge in [0, 0.05) is 17.6 Å². The van der Waals surface area contributed by atoms with Crippen LogP contribution in [0.25, 0.3) is 11.0 Å². The highest BCUT2D eigenvalue weighted by molar-refractivity contribution is 7.98. The summed E-state index contributed by atoms with van der Waals surface area (Å²) < 4.78 is 0. The minimum absolute atomic E-state index is 0.510. The number of H-pyrrole nitrogens is 1. The highest BCUT2D eigenvalue weighted by Gasteiger charge is 2.04. The molecule has 1 aromatic carbocycles. The van der Waals surface area contributed by atoms with Crippen LogP contribution in [0.5, 0.6) is 0 Å². The summed E-state index contributed by atoms with van der Waals surface area (Å²) in [5, 5.41) is 1.38. The van der Waals surface area contributed by atoms with Crippen LogP contribution in [0.1, 0.15) is 5.56 Å². The molecule has 6 heteroatoms. The summed E-state index contributed by atoms with van der Waals surface area (Å²) in [5.74, 6) is 0.789. The number of pyridine rings is 1. The second-order valence-corrected chi connectivity index (χ2v) is 5.45. The van der Waals surface area contributed by atoms with Crippen LogP contribution in [0, 0.1) is 0 Å². The Labute approximate surface area is 119 Å². The first kappa shape index (κ1) is 12.3. The largest absolute Gasteiger partial charge is 0.399 e. The molecule has 0 aliphatic carbocycles. The Morgan fingerprint density at radius 2 is 2.16 bits per heavy atom. The minimum atomic E-state index is 0.510. The van der Waals surface area contributed by atoms with Crippen LogP contribution in [0.2, 0.25) is 5.15 Å². The summed E-state index contributed by atoms with van der Waals surface area (Å²) in [6.07, 6.45) is 1.71. The lowest BCUT2D eigenvalue weighted by molar-refractivity contribution is 1.08. The third kappa shape index (κ3) is 2.83. The number of rotatable bonds is 3. The second-order valence-electron chi connectivity index (χ2n) is 4.09. The fourth-order valence-corrected chi connectivity index (χ4v) is 2.78. The molecule has 0 aliphatic heterocycles. The van der Waals surface area contributed by atoms with E-state index < -0.39 is 0 Å². The number of aromatic amines is 1. The molecule has 2 aromatic heterocycles. The van der Waals surface area contributed by atoms with Gasteiger partial charge in [-0.3, -0.25) is 0 Å². The first-order chi connectivity index (χ1) is 9.20. The van der Waals surface area contributed by atoms with Gasteiger partial charge in [-0.25, -0.2) is 9.97 Å². The molecule has 0 aliphatic rings. The summed E-state index contributed by atoms with van der Waals surface area (Å²) in [5.41, 5.74) is 9.46. The molecule has 0 spiro atoms. The van der Waals surface area contributed by atoms with Gasteiger partial charge in [0.15, 0.2) is 5.16 Å². The van der Waals surface area contributed by atoms with Crippen molar-refractivity contribution in [3.05, 3.63) is 47.2 Å². The van der Waals surface area contributed by atoms with Crippen molar-refractivity contribution in [2.24, 2.45) is 0 Å². The Hall–Kier alpha value is -1.72. The predicted octanol–water partition coefficient (Wildman–Crippen LogP) is 3.49. The van der Waals surface area contributed by atoms with Gasteiger partial charge in [0.1, 0.15) is 5.15 Å². The number of nitrogens with zero attached hydrogens (tertiary/aromatic N) is 2. The maximum Gasteiger partial charge on any atom is 0.166 e. The van der Waals surface area contributed by atoms with Gasteiger partial charge in [0.05, 0.1) is 11.0 Å². The lowest BCUT2D eigenvalue weighted by Gasteiger charge is -1.98. The number of imidazole rings is 1. The Bertz CT molecular complexity index is 725. The number of nitrogen functional groups attached to an aromatic ring is 1. The second kappa shape index (κ2) is 5.11. The van der Waals surface area contributed by atoms with E-state index >= 15 is 0 Å². The van der Waals surface area contributed by atoms with Gasteiger partial charge in [0.2, 0.25) is 0 Å².